The highest BCUT2D eigenvalue weighted by molar-refractivity contribution is 6.04. The number of nitrogens with zero attached hydrogens (tertiary/aromatic N) is 3. The number of carbonyl (C=O) groups is 1. The maximum absolute atomic E-state index is 12.7. The van der Waals surface area contributed by atoms with Crippen LogP contribution >= 0.6 is 0 Å². The van der Waals surface area contributed by atoms with Gasteiger partial charge in [0.15, 0.2) is 0 Å². The van der Waals surface area contributed by atoms with Crippen molar-refractivity contribution in [2.75, 3.05) is 0 Å². The van der Waals surface area contributed by atoms with Gasteiger partial charge in [0.1, 0.15) is 0 Å². The van der Waals surface area contributed by atoms with Crippen LogP contribution in [-0.4, -0.2) is 31.4 Å². The minimum absolute atomic E-state index is 0.0324. The van der Waals surface area contributed by atoms with Crippen molar-refractivity contribution in [3.63, 3.8) is 0 Å². The molecule has 0 atom stereocenters. The van der Waals surface area contributed by atoms with Crippen LogP contribution in [0.2, 0.25) is 0 Å². The fourth-order valence-corrected chi connectivity index (χ4v) is 2.85. The molecule has 0 unspecified atom stereocenters. The predicted octanol–water partition coefficient (Wildman–Crippen LogP) is 2.63. The highest BCUT2D eigenvalue weighted by Crippen LogP contribution is 2.21. The van der Waals surface area contributed by atoms with Crippen molar-refractivity contribution in [1.82, 2.24) is 24.6 Å². The maximum Gasteiger partial charge on any atom is 0.325 e. The molecule has 0 spiro atoms. The van der Waals surface area contributed by atoms with Gasteiger partial charge in [0.2, 0.25) is 0 Å². The summed E-state index contributed by atoms with van der Waals surface area (Å²) in [5, 5.41) is 7.17. The Kier molecular flexibility index (Phi) is 3.42. The molecule has 0 saturated carbocycles. The lowest BCUT2D eigenvalue weighted by atomic mass is 10.2. The summed E-state index contributed by atoms with van der Waals surface area (Å²) >= 11 is 0. The molecule has 0 saturated heterocycles. The van der Waals surface area contributed by atoms with Gasteiger partial charge < -0.3 is 5.32 Å². The van der Waals surface area contributed by atoms with Gasteiger partial charge in [-0.1, -0.05) is 18.2 Å². The van der Waals surface area contributed by atoms with Crippen LogP contribution in [0.3, 0.4) is 0 Å². The second kappa shape index (κ2) is 5.62. The maximum atomic E-state index is 12.7. The molecule has 4 rings (SSSR count). The molecule has 1 amide bonds. The van der Waals surface area contributed by atoms with Gasteiger partial charge >= 0.3 is 6.03 Å². The number of carbonyl (C=O) groups excluding carboxylic acids is 1. The van der Waals surface area contributed by atoms with E-state index in [-0.39, 0.29) is 17.6 Å². The van der Waals surface area contributed by atoms with Crippen molar-refractivity contribution < 1.29 is 4.79 Å². The van der Waals surface area contributed by atoms with E-state index in [0.717, 1.165) is 11.1 Å². The minimum atomic E-state index is -0.231. The molecule has 0 aliphatic carbocycles. The SMILES string of the molecule is CC(C)NC(=O)n1cc2ncc3c(=O)n(-c4ccccc4)[nH]c3c2c1. The zero-order valence-corrected chi connectivity index (χ0v) is 13.9. The van der Waals surface area contributed by atoms with Gasteiger partial charge in [0.25, 0.3) is 5.56 Å². The van der Waals surface area contributed by atoms with Gasteiger partial charge in [-0.3, -0.25) is 19.4 Å². The lowest BCUT2D eigenvalue weighted by Gasteiger charge is -2.07. The summed E-state index contributed by atoms with van der Waals surface area (Å²) in [5.41, 5.74) is 1.88. The first-order chi connectivity index (χ1) is 12.0. The normalized spacial score (nSPS) is 11.5. The Hall–Kier alpha value is -3.35. The number of amides is 1. The molecule has 7 heteroatoms. The summed E-state index contributed by atoms with van der Waals surface area (Å²) in [5.74, 6) is 0. The molecular weight excluding hydrogens is 318 g/mol. The summed E-state index contributed by atoms with van der Waals surface area (Å²) in [7, 11) is 0. The van der Waals surface area contributed by atoms with E-state index < -0.39 is 0 Å². The summed E-state index contributed by atoms with van der Waals surface area (Å²) in [4.78, 5) is 29.2. The molecule has 2 N–H and O–H groups in total. The van der Waals surface area contributed by atoms with Crippen molar-refractivity contribution in [2.24, 2.45) is 0 Å². The average Bonchev–Trinajstić information content (AvgIpc) is 3.16. The van der Waals surface area contributed by atoms with Crippen LogP contribution in [0, 0.1) is 0 Å². The molecule has 0 aliphatic rings. The highest BCUT2D eigenvalue weighted by Gasteiger charge is 2.15. The van der Waals surface area contributed by atoms with Crippen LogP contribution in [0.15, 0.2) is 53.7 Å². The minimum Gasteiger partial charge on any atom is -0.335 e. The zero-order chi connectivity index (χ0) is 17.6. The number of hydrogen-bond acceptors (Lipinski definition) is 3. The molecule has 3 heterocycles. The lowest BCUT2D eigenvalue weighted by Crippen LogP contribution is -2.33. The van der Waals surface area contributed by atoms with E-state index in [1.54, 1.807) is 18.6 Å². The fraction of sp³-hybridized carbons (Fsp3) is 0.167. The lowest BCUT2D eigenvalue weighted by molar-refractivity contribution is 0.240. The molecule has 0 aliphatic heterocycles. The van der Waals surface area contributed by atoms with Crippen molar-refractivity contribution in [3.8, 4) is 5.69 Å². The quantitative estimate of drug-likeness (QED) is 0.590. The average molecular weight is 335 g/mol. The Morgan fingerprint density at radius 1 is 1.16 bits per heavy atom. The monoisotopic (exact) mass is 335 g/mol. The second-order valence-electron chi connectivity index (χ2n) is 6.20. The van der Waals surface area contributed by atoms with Gasteiger partial charge in [0.05, 0.1) is 22.1 Å². The number of nitrogens with one attached hydrogen (secondary N) is 2. The first-order valence-corrected chi connectivity index (χ1v) is 8.02. The molecule has 25 heavy (non-hydrogen) atoms. The molecule has 3 aromatic heterocycles. The number of aromatic amines is 1. The summed E-state index contributed by atoms with van der Waals surface area (Å²) in [6.07, 6.45) is 4.89. The number of fused-ring (bicyclic) bond motifs is 3. The zero-order valence-electron chi connectivity index (χ0n) is 13.9. The van der Waals surface area contributed by atoms with Crippen LogP contribution in [0.4, 0.5) is 4.79 Å². The van der Waals surface area contributed by atoms with E-state index in [0.29, 0.717) is 16.4 Å². The first-order valence-electron chi connectivity index (χ1n) is 8.02. The van der Waals surface area contributed by atoms with Gasteiger partial charge in [-0.2, -0.15) is 0 Å². The summed E-state index contributed by atoms with van der Waals surface area (Å²) in [6, 6.07) is 9.13. The van der Waals surface area contributed by atoms with Gasteiger partial charge in [0, 0.05) is 30.0 Å². The van der Waals surface area contributed by atoms with Crippen molar-refractivity contribution in [1.29, 1.82) is 0 Å². The van der Waals surface area contributed by atoms with Crippen LogP contribution in [-0.2, 0) is 0 Å². The third-order valence-electron chi connectivity index (χ3n) is 4.00. The van der Waals surface area contributed by atoms with E-state index in [4.69, 9.17) is 0 Å². The standard InChI is InChI=1S/C18H17N5O2/c1-11(2)20-18(25)22-9-14-15(10-22)19-8-13-16(14)21-23(17(13)24)12-6-4-3-5-7-12/h3-11,21H,1-2H3,(H,20,25). The number of pyridine rings is 1. The van der Waals surface area contributed by atoms with E-state index in [2.05, 4.69) is 15.4 Å². The summed E-state index contributed by atoms with van der Waals surface area (Å²) in [6.45, 7) is 3.80. The predicted molar refractivity (Wildman–Crippen MR) is 96.3 cm³/mol. The Labute approximate surface area is 142 Å². The molecule has 0 fully saturated rings. The molecule has 4 aromatic rings. The number of H-pyrrole nitrogens is 1. The van der Waals surface area contributed by atoms with E-state index in [9.17, 15) is 9.59 Å². The fourth-order valence-electron chi connectivity index (χ4n) is 2.85. The first kappa shape index (κ1) is 15.2. The van der Waals surface area contributed by atoms with Crippen LogP contribution in [0.25, 0.3) is 27.5 Å². The molecule has 7 nitrogen and oxygen atoms in total. The molecular formula is C18H17N5O2. The van der Waals surface area contributed by atoms with E-state index >= 15 is 0 Å². The Morgan fingerprint density at radius 2 is 1.92 bits per heavy atom. The van der Waals surface area contributed by atoms with Crippen molar-refractivity contribution in [2.45, 2.75) is 19.9 Å². The smallest absolute Gasteiger partial charge is 0.325 e. The van der Waals surface area contributed by atoms with Crippen LogP contribution in [0.1, 0.15) is 13.8 Å². The largest absolute Gasteiger partial charge is 0.335 e. The number of hydrogen-bond donors (Lipinski definition) is 2. The van der Waals surface area contributed by atoms with E-state index in [1.807, 2.05) is 44.2 Å². The van der Waals surface area contributed by atoms with Crippen LogP contribution < -0.4 is 10.9 Å². The Morgan fingerprint density at radius 3 is 2.64 bits per heavy atom. The third kappa shape index (κ3) is 2.50. The number of benzene rings is 1. The number of rotatable bonds is 2. The topological polar surface area (TPSA) is 84.7 Å². The Balaban J connectivity index is 1.91. The number of para-hydroxylation sites is 1. The summed E-state index contributed by atoms with van der Waals surface area (Å²) < 4.78 is 2.94. The molecule has 0 radical (unpaired) electrons. The molecule has 1 aromatic carbocycles. The van der Waals surface area contributed by atoms with Gasteiger partial charge in [-0.25, -0.2) is 9.48 Å². The van der Waals surface area contributed by atoms with Crippen molar-refractivity contribution >= 4 is 27.8 Å². The van der Waals surface area contributed by atoms with Crippen LogP contribution in [0.5, 0.6) is 0 Å². The number of aromatic nitrogens is 4. The van der Waals surface area contributed by atoms with Gasteiger partial charge in [-0.15, -0.1) is 0 Å². The third-order valence-corrected chi connectivity index (χ3v) is 4.00. The second-order valence-corrected chi connectivity index (χ2v) is 6.20. The van der Waals surface area contributed by atoms with E-state index in [1.165, 1.54) is 9.25 Å². The molecule has 0 bridgehead atoms. The highest BCUT2D eigenvalue weighted by atomic mass is 16.2. The van der Waals surface area contributed by atoms with Crippen molar-refractivity contribution in [3.05, 3.63) is 59.3 Å². The Bertz CT molecular complexity index is 1130. The molecule has 126 valence electrons. The van der Waals surface area contributed by atoms with Gasteiger partial charge in [-0.05, 0) is 26.0 Å².